The number of H-pyrrole nitrogens is 1. The second kappa shape index (κ2) is 5.34. The third-order valence-electron chi connectivity index (χ3n) is 2.48. The normalized spacial score (nSPS) is 10.2. The number of nitro groups is 1. The molecule has 0 spiro atoms. The van der Waals surface area contributed by atoms with Crippen molar-refractivity contribution in [2.45, 2.75) is 6.92 Å². The molecule has 0 unspecified atom stereocenters. The number of phenolic OH excluding ortho intramolecular Hbond substituents is 1. The predicted octanol–water partition coefficient (Wildman–Crippen LogP) is 1.26. The lowest BCUT2D eigenvalue weighted by Crippen LogP contribution is -2.07. The molecule has 0 bridgehead atoms. The highest BCUT2D eigenvalue weighted by Gasteiger charge is 2.25. The highest BCUT2D eigenvalue weighted by molar-refractivity contribution is 5.95. The van der Waals surface area contributed by atoms with E-state index in [9.17, 15) is 20.0 Å². The summed E-state index contributed by atoms with van der Waals surface area (Å²) in [6, 6.07) is 3.91. The summed E-state index contributed by atoms with van der Waals surface area (Å²) in [5.74, 6) is -1.32. The molecule has 1 aromatic carbocycles. The van der Waals surface area contributed by atoms with Crippen molar-refractivity contribution >= 4 is 11.7 Å². The Hall–Kier alpha value is -2.97. The molecule has 2 rings (SSSR count). The van der Waals surface area contributed by atoms with Gasteiger partial charge in [0.25, 0.3) is 0 Å². The van der Waals surface area contributed by atoms with Crippen LogP contribution < -0.4 is 0 Å². The Morgan fingerprint density at radius 3 is 2.90 bits per heavy atom. The zero-order valence-corrected chi connectivity index (χ0v) is 10.4. The van der Waals surface area contributed by atoms with Gasteiger partial charge in [0.15, 0.2) is 5.69 Å². The second-order valence-electron chi connectivity index (χ2n) is 3.67. The lowest BCUT2D eigenvalue weighted by Gasteiger charge is -2.03. The van der Waals surface area contributed by atoms with Crippen LogP contribution in [0, 0.1) is 10.1 Å². The van der Waals surface area contributed by atoms with Crippen molar-refractivity contribution in [3.05, 3.63) is 34.0 Å². The van der Waals surface area contributed by atoms with Crippen LogP contribution >= 0.6 is 0 Å². The van der Waals surface area contributed by atoms with Crippen LogP contribution in [-0.2, 0) is 4.74 Å². The Bertz CT molecular complexity index is 667. The van der Waals surface area contributed by atoms with E-state index in [1.165, 1.54) is 12.1 Å². The molecule has 0 aliphatic heterocycles. The zero-order valence-electron chi connectivity index (χ0n) is 10.4. The van der Waals surface area contributed by atoms with Crippen LogP contribution in [-0.4, -0.2) is 38.0 Å². The Balaban J connectivity index is 2.53. The van der Waals surface area contributed by atoms with Crippen LogP contribution in [0.3, 0.4) is 0 Å². The van der Waals surface area contributed by atoms with Gasteiger partial charge >= 0.3 is 11.7 Å². The smallest absolute Gasteiger partial charge is 0.361 e. The minimum absolute atomic E-state index is 0.00958. The third-order valence-corrected chi connectivity index (χ3v) is 2.48. The number of hydrogen-bond acceptors (Lipinski definition) is 7. The van der Waals surface area contributed by atoms with Crippen molar-refractivity contribution in [2.75, 3.05) is 6.61 Å². The van der Waals surface area contributed by atoms with Crippen LogP contribution in [0.2, 0.25) is 0 Å². The van der Waals surface area contributed by atoms with E-state index in [0.29, 0.717) is 0 Å². The summed E-state index contributed by atoms with van der Waals surface area (Å²) in [5.41, 5.74) is -0.622. The molecular weight excluding hydrogens is 268 g/mol. The van der Waals surface area contributed by atoms with Gasteiger partial charge in [0.05, 0.1) is 17.1 Å². The fraction of sp³-hybridized carbons (Fsp3) is 0.182. The number of rotatable bonds is 4. The number of ether oxygens (including phenoxy) is 1. The molecule has 2 N–H and O–H groups in total. The topological polar surface area (TPSA) is 131 Å². The van der Waals surface area contributed by atoms with Crippen LogP contribution in [0.5, 0.6) is 5.75 Å². The van der Waals surface area contributed by atoms with E-state index in [1.54, 1.807) is 6.92 Å². The Morgan fingerprint density at radius 1 is 1.50 bits per heavy atom. The number of aromatic nitrogens is 3. The molecular formula is C11H10N4O5. The van der Waals surface area contributed by atoms with Gasteiger partial charge in [-0.1, -0.05) is 6.07 Å². The number of nitro benzene ring substituents is 1. The zero-order chi connectivity index (χ0) is 14.7. The van der Waals surface area contributed by atoms with Gasteiger partial charge in [-0.05, 0) is 13.0 Å². The lowest BCUT2D eigenvalue weighted by molar-refractivity contribution is -0.385. The summed E-state index contributed by atoms with van der Waals surface area (Å²) in [6.45, 7) is 1.77. The first-order valence-electron chi connectivity index (χ1n) is 5.60. The Labute approximate surface area is 112 Å². The first-order chi connectivity index (χ1) is 9.56. The summed E-state index contributed by atoms with van der Waals surface area (Å²) in [7, 11) is 0. The van der Waals surface area contributed by atoms with E-state index in [2.05, 4.69) is 15.4 Å². The van der Waals surface area contributed by atoms with Gasteiger partial charge in [-0.25, -0.2) is 4.79 Å². The van der Waals surface area contributed by atoms with Gasteiger partial charge in [-0.3, -0.25) is 10.1 Å². The fourth-order valence-electron chi connectivity index (χ4n) is 1.63. The molecule has 0 fully saturated rings. The predicted molar refractivity (Wildman–Crippen MR) is 66.1 cm³/mol. The maximum atomic E-state index is 11.7. The summed E-state index contributed by atoms with van der Waals surface area (Å²) in [5, 5.41) is 30.3. The monoisotopic (exact) mass is 278 g/mol. The van der Waals surface area contributed by atoms with Crippen LogP contribution in [0.1, 0.15) is 17.4 Å². The van der Waals surface area contributed by atoms with Gasteiger partial charge in [0.2, 0.25) is 5.75 Å². The standard InChI is InChI=1S/C11H10N4O5/c1-2-20-11(17)9-8(12-14-13-9)6-4-3-5-7(10(6)16)15(18)19/h3-5,16H,2H2,1H3,(H,12,13,14). The number of para-hydroxylation sites is 1. The molecule has 0 saturated heterocycles. The summed E-state index contributed by atoms with van der Waals surface area (Å²) < 4.78 is 4.79. The second-order valence-corrected chi connectivity index (χ2v) is 3.67. The number of carbonyl (C=O) groups is 1. The van der Waals surface area contributed by atoms with Gasteiger partial charge < -0.3 is 9.84 Å². The summed E-state index contributed by atoms with van der Waals surface area (Å²) >= 11 is 0. The molecule has 0 radical (unpaired) electrons. The average Bonchev–Trinajstić information content (AvgIpc) is 2.88. The molecule has 0 atom stereocenters. The summed E-state index contributed by atoms with van der Waals surface area (Å²) in [4.78, 5) is 21.7. The maximum Gasteiger partial charge on any atom is 0.361 e. The van der Waals surface area contributed by atoms with E-state index in [-0.39, 0.29) is 23.6 Å². The number of phenols is 1. The fourth-order valence-corrected chi connectivity index (χ4v) is 1.63. The van der Waals surface area contributed by atoms with E-state index in [1.807, 2.05) is 0 Å². The van der Waals surface area contributed by atoms with E-state index >= 15 is 0 Å². The van der Waals surface area contributed by atoms with Gasteiger partial charge in [-0.2, -0.15) is 10.3 Å². The van der Waals surface area contributed by atoms with Crippen LogP contribution in [0.25, 0.3) is 11.3 Å². The molecule has 9 heteroatoms. The highest BCUT2D eigenvalue weighted by atomic mass is 16.6. The van der Waals surface area contributed by atoms with Gasteiger partial charge in [0, 0.05) is 6.07 Å². The number of benzene rings is 1. The van der Waals surface area contributed by atoms with Crippen molar-refractivity contribution in [3.8, 4) is 17.0 Å². The Kier molecular flexibility index (Phi) is 3.60. The van der Waals surface area contributed by atoms with Crippen molar-refractivity contribution in [2.24, 2.45) is 0 Å². The third kappa shape index (κ3) is 2.28. The van der Waals surface area contributed by atoms with Gasteiger partial charge in [-0.15, -0.1) is 5.10 Å². The molecule has 9 nitrogen and oxygen atoms in total. The number of aromatic hydroxyl groups is 1. The maximum absolute atomic E-state index is 11.7. The SMILES string of the molecule is CCOC(=O)c1n[nH]nc1-c1cccc([N+](=O)[O-])c1O. The van der Waals surface area contributed by atoms with E-state index in [0.717, 1.165) is 6.07 Å². The number of aromatic amines is 1. The summed E-state index contributed by atoms with van der Waals surface area (Å²) in [6.07, 6.45) is 0. The van der Waals surface area contributed by atoms with Gasteiger partial charge in [0.1, 0.15) is 5.69 Å². The van der Waals surface area contributed by atoms with Crippen molar-refractivity contribution in [1.29, 1.82) is 0 Å². The molecule has 1 heterocycles. The van der Waals surface area contributed by atoms with Crippen molar-refractivity contribution in [1.82, 2.24) is 15.4 Å². The van der Waals surface area contributed by atoms with Crippen molar-refractivity contribution < 1.29 is 19.6 Å². The minimum Gasteiger partial charge on any atom is -0.502 e. The number of nitrogens with one attached hydrogen (secondary N) is 1. The highest BCUT2D eigenvalue weighted by Crippen LogP contribution is 2.36. The first-order valence-corrected chi connectivity index (χ1v) is 5.60. The molecule has 0 aliphatic rings. The molecule has 20 heavy (non-hydrogen) atoms. The Morgan fingerprint density at radius 2 is 2.25 bits per heavy atom. The number of carbonyl (C=O) groups excluding carboxylic acids is 1. The quantitative estimate of drug-likeness (QED) is 0.488. The molecule has 2 aromatic rings. The van der Waals surface area contributed by atoms with Crippen LogP contribution in [0.4, 0.5) is 5.69 Å². The first kappa shape index (κ1) is 13.5. The molecule has 104 valence electrons. The average molecular weight is 278 g/mol. The minimum atomic E-state index is -0.734. The number of esters is 1. The molecule has 1 aromatic heterocycles. The lowest BCUT2D eigenvalue weighted by atomic mass is 10.1. The number of hydrogen-bond donors (Lipinski definition) is 2. The molecule has 0 amide bonds. The molecule has 0 aliphatic carbocycles. The molecule has 0 saturated carbocycles. The van der Waals surface area contributed by atoms with E-state index in [4.69, 9.17) is 4.74 Å². The largest absolute Gasteiger partial charge is 0.502 e. The van der Waals surface area contributed by atoms with E-state index < -0.39 is 22.3 Å². The van der Waals surface area contributed by atoms with Crippen molar-refractivity contribution in [3.63, 3.8) is 0 Å². The van der Waals surface area contributed by atoms with Crippen LogP contribution in [0.15, 0.2) is 18.2 Å². The number of nitrogens with zero attached hydrogens (tertiary/aromatic N) is 3.